The van der Waals surface area contributed by atoms with Crippen molar-refractivity contribution in [2.45, 2.75) is 17.5 Å². The summed E-state index contributed by atoms with van der Waals surface area (Å²) in [5.41, 5.74) is -0.677. The molecule has 0 aliphatic carbocycles. The number of hydrogen-bond donors (Lipinski definition) is 0. The normalized spacial score (nSPS) is 17.7. The van der Waals surface area contributed by atoms with E-state index in [2.05, 4.69) is 31.9 Å². The van der Waals surface area contributed by atoms with Crippen LogP contribution in [0, 0.1) is 0 Å². The molecular formula is C12H10Br2F3NO2S. The fraction of sp³-hybridized carbons (Fsp3) is 0.333. The molecule has 0 amide bonds. The van der Waals surface area contributed by atoms with Gasteiger partial charge < -0.3 is 0 Å². The largest absolute Gasteiger partial charge is 0.412 e. The molecule has 0 atom stereocenters. The maximum atomic E-state index is 12.5. The van der Waals surface area contributed by atoms with Crippen molar-refractivity contribution in [2.24, 2.45) is 0 Å². The van der Waals surface area contributed by atoms with E-state index in [-0.39, 0.29) is 24.4 Å². The Balaban J connectivity index is 2.29. The first kappa shape index (κ1) is 17.0. The van der Waals surface area contributed by atoms with Crippen LogP contribution < -0.4 is 0 Å². The SMILES string of the molecule is O=S(=O)(c1ccc(Br)cc1Br)N1CC=C(C(F)(F)F)CC1. The van der Waals surface area contributed by atoms with Gasteiger partial charge in [0.05, 0.1) is 4.90 Å². The summed E-state index contributed by atoms with van der Waals surface area (Å²) in [4.78, 5) is 0.0366. The molecule has 3 nitrogen and oxygen atoms in total. The number of halogens is 5. The van der Waals surface area contributed by atoms with E-state index in [9.17, 15) is 21.6 Å². The Morgan fingerprint density at radius 1 is 1.19 bits per heavy atom. The van der Waals surface area contributed by atoms with Gasteiger partial charge in [-0.15, -0.1) is 0 Å². The lowest BCUT2D eigenvalue weighted by Crippen LogP contribution is -2.36. The summed E-state index contributed by atoms with van der Waals surface area (Å²) >= 11 is 6.38. The third kappa shape index (κ3) is 3.69. The fourth-order valence-corrected chi connectivity index (χ4v) is 5.04. The Bertz CT molecular complexity index is 686. The van der Waals surface area contributed by atoms with E-state index < -0.39 is 21.8 Å². The van der Waals surface area contributed by atoms with E-state index in [1.54, 1.807) is 12.1 Å². The molecule has 2 rings (SSSR count). The zero-order chi connectivity index (χ0) is 15.8. The molecule has 1 aliphatic heterocycles. The van der Waals surface area contributed by atoms with Crippen LogP contribution in [0.1, 0.15) is 6.42 Å². The van der Waals surface area contributed by atoms with Crippen LogP contribution in [0.5, 0.6) is 0 Å². The van der Waals surface area contributed by atoms with Gasteiger partial charge in [-0.2, -0.15) is 17.5 Å². The van der Waals surface area contributed by atoms with Gasteiger partial charge in [0.15, 0.2) is 0 Å². The summed E-state index contributed by atoms with van der Waals surface area (Å²) in [6.45, 7) is -0.462. The molecule has 0 saturated heterocycles. The van der Waals surface area contributed by atoms with E-state index >= 15 is 0 Å². The van der Waals surface area contributed by atoms with Gasteiger partial charge in [0.2, 0.25) is 10.0 Å². The van der Waals surface area contributed by atoms with Crippen molar-refractivity contribution in [3.8, 4) is 0 Å². The molecule has 0 unspecified atom stereocenters. The average Bonchev–Trinajstić information content (AvgIpc) is 2.37. The molecule has 0 fully saturated rings. The second kappa shape index (κ2) is 6.02. The second-order valence-electron chi connectivity index (χ2n) is 4.41. The Morgan fingerprint density at radius 3 is 2.33 bits per heavy atom. The molecule has 0 saturated carbocycles. The van der Waals surface area contributed by atoms with Crippen molar-refractivity contribution in [1.82, 2.24) is 4.31 Å². The lowest BCUT2D eigenvalue weighted by atomic mass is 10.1. The maximum Gasteiger partial charge on any atom is 0.412 e. The van der Waals surface area contributed by atoms with Gasteiger partial charge in [-0.25, -0.2) is 8.42 Å². The lowest BCUT2D eigenvalue weighted by Gasteiger charge is -2.27. The van der Waals surface area contributed by atoms with Crippen LogP contribution in [0.3, 0.4) is 0 Å². The maximum absolute atomic E-state index is 12.5. The Morgan fingerprint density at radius 2 is 1.86 bits per heavy atom. The summed E-state index contributed by atoms with van der Waals surface area (Å²) in [5.74, 6) is 0. The smallest absolute Gasteiger partial charge is 0.207 e. The summed E-state index contributed by atoms with van der Waals surface area (Å²) in [5, 5.41) is 0. The van der Waals surface area contributed by atoms with E-state index in [4.69, 9.17) is 0 Å². The minimum absolute atomic E-state index is 0.0366. The first-order valence-electron chi connectivity index (χ1n) is 5.84. The van der Waals surface area contributed by atoms with Gasteiger partial charge in [-0.1, -0.05) is 22.0 Å². The lowest BCUT2D eigenvalue weighted by molar-refractivity contribution is -0.0953. The highest BCUT2D eigenvalue weighted by molar-refractivity contribution is 9.11. The Kier molecular flexibility index (Phi) is 4.87. The molecule has 9 heteroatoms. The molecule has 0 aromatic heterocycles. The van der Waals surface area contributed by atoms with Gasteiger partial charge in [0.1, 0.15) is 0 Å². The summed E-state index contributed by atoms with van der Waals surface area (Å²) < 4.78 is 64.6. The van der Waals surface area contributed by atoms with Gasteiger partial charge in [0.25, 0.3) is 0 Å². The van der Waals surface area contributed by atoms with Crippen LogP contribution in [-0.4, -0.2) is 32.0 Å². The van der Waals surface area contributed by atoms with Crippen LogP contribution in [0.15, 0.2) is 43.7 Å². The van der Waals surface area contributed by atoms with Gasteiger partial charge in [-0.05, 0) is 40.5 Å². The highest BCUT2D eigenvalue weighted by Crippen LogP contribution is 2.33. The molecule has 1 aromatic rings. The van der Waals surface area contributed by atoms with Crippen LogP contribution >= 0.6 is 31.9 Å². The van der Waals surface area contributed by atoms with Crippen molar-refractivity contribution in [2.75, 3.05) is 13.1 Å². The number of alkyl halides is 3. The van der Waals surface area contributed by atoms with Gasteiger partial charge >= 0.3 is 6.18 Å². The van der Waals surface area contributed by atoms with E-state index in [1.807, 2.05) is 0 Å². The molecular weight excluding hydrogens is 439 g/mol. The molecule has 116 valence electrons. The highest BCUT2D eigenvalue weighted by atomic mass is 79.9. The number of nitrogens with zero attached hydrogens (tertiary/aromatic N) is 1. The second-order valence-corrected chi connectivity index (χ2v) is 8.09. The minimum atomic E-state index is -4.39. The molecule has 0 radical (unpaired) electrons. The van der Waals surface area contributed by atoms with Crippen molar-refractivity contribution in [3.05, 3.63) is 38.8 Å². The number of benzene rings is 1. The van der Waals surface area contributed by atoms with Crippen LogP contribution in [-0.2, 0) is 10.0 Å². The summed E-state index contributed by atoms with van der Waals surface area (Å²) in [6.07, 6.45) is -3.81. The predicted octanol–water partition coefficient (Wildman–Crippen LogP) is 4.09. The quantitative estimate of drug-likeness (QED) is 0.639. The van der Waals surface area contributed by atoms with Crippen molar-refractivity contribution in [3.63, 3.8) is 0 Å². The van der Waals surface area contributed by atoms with Crippen LogP contribution in [0.4, 0.5) is 13.2 Å². The Labute approximate surface area is 137 Å². The molecule has 0 bridgehead atoms. The molecule has 21 heavy (non-hydrogen) atoms. The summed E-state index contributed by atoms with van der Waals surface area (Å²) in [7, 11) is -3.82. The van der Waals surface area contributed by atoms with E-state index in [0.29, 0.717) is 8.95 Å². The molecule has 1 heterocycles. The Hall–Kier alpha value is -0.380. The fourth-order valence-electron chi connectivity index (χ4n) is 1.95. The van der Waals surface area contributed by atoms with Gasteiger partial charge in [-0.3, -0.25) is 0 Å². The monoisotopic (exact) mass is 447 g/mol. The van der Waals surface area contributed by atoms with E-state index in [0.717, 1.165) is 10.4 Å². The number of hydrogen-bond acceptors (Lipinski definition) is 2. The first-order valence-corrected chi connectivity index (χ1v) is 8.86. The van der Waals surface area contributed by atoms with E-state index in [1.165, 1.54) is 6.07 Å². The van der Waals surface area contributed by atoms with Crippen molar-refractivity contribution < 1.29 is 21.6 Å². The molecule has 1 aliphatic rings. The number of rotatable bonds is 2. The molecule has 0 N–H and O–H groups in total. The topological polar surface area (TPSA) is 37.4 Å². The third-order valence-electron chi connectivity index (χ3n) is 3.05. The predicted molar refractivity (Wildman–Crippen MR) is 79.4 cm³/mol. The average molecular weight is 449 g/mol. The van der Waals surface area contributed by atoms with Gasteiger partial charge in [0, 0.05) is 27.6 Å². The van der Waals surface area contributed by atoms with Crippen molar-refractivity contribution in [1.29, 1.82) is 0 Å². The van der Waals surface area contributed by atoms with Crippen LogP contribution in [0.2, 0.25) is 0 Å². The standard InChI is InChI=1S/C12H10Br2F3NO2S/c13-9-1-2-11(10(14)7-9)21(19,20)18-5-3-8(4-6-18)12(15,16)17/h1-3,7H,4-6H2. The first-order chi connectivity index (χ1) is 9.62. The zero-order valence-electron chi connectivity index (χ0n) is 10.5. The molecule has 0 spiro atoms. The zero-order valence-corrected chi connectivity index (χ0v) is 14.5. The third-order valence-corrected chi connectivity index (χ3v) is 6.38. The van der Waals surface area contributed by atoms with Crippen molar-refractivity contribution >= 4 is 41.9 Å². The minimum Gasteiger partial charge on any atom is -0.207 e. The summed E-state index contributed by atoms with van der Waals surface area (Å²) in [6, 6.07) is 4.55. The molecule has 1 aromatic carbocycles. The number of sulfonamides is 1. The highest BCUT2D eigenvalue weighted by Gasteiger charge is 2.37. The van der Waals surface area contributed by atoms with Crippen LogP contribution in [0.25, 0.3) is 0 Å².